The molecule has 0 aromatic heterocycles. The lowest BCUT2D eigenvalue weighted by molar-refractivity contribution is -0.206. The van der Waals surface area contributed by atoms with Gasteiger partial charge < -0.3 is 14.4 Å². The third-order valence-corrected chi connectivity index (χ3v) is 8.15. The van der Waals surface area contributed by atoms with Gasteiger partial charge in [-0.05, 0) is 74.3 Å². The van der Waals surface area contributed by atoms with E-state index in [1.54, 1.807) is 12.1 Å². The van der Waals surface area contributed by atoms with Gasteiger partial charge in [0.25, 0.3) is 0 Å². The van der Waals surface area contributed by atoms with Gasteiger partial charge in [-0.2, -0.15) is 13.2 Å². The largest absolute Gasteiger partial charge is 0.449 e. The zero-order chi connectivity index (χ0) is 31.8. The van der Waals surface area contributed by atoms with Gasteiger partial charge in [0.2, 0.25) is 0 Å². The van der Waals surface area contributed by atoms with E-state index >= 15 is 0 Å². The molecule has 9 heteroatoms. The number of benzene rings is 2. The Morgan fingerprint density at radius 1 is 0.705 bits per heavy atom. The van der Waals surface area contributed by atoms with Gasteiger partial charge in [0.1, 0.15) is 5.75 Å². The minimum absolute atomic E-state index is 0.0422. The van der Waals surface area contributed by atoms with Crippen LogP contribution in [0.2, 0.25) is 0 Å². The van der Waals surface area contributed by atoms with Crippen LogP contribution in [0.3, 0.4) is 0 Å². The molecule has 1 atom stereocenters. The predicted molar refractivity (Wildman–Crippen MR) is 169 cm³/mol. The first-order valence-electron chi connectivity index (χ1n) is 16.4. The summed E-state index contributed by atoms with van der Waals surface area (Å²) in [5.74, 6) is -1.44. The van der Waals surface area contributed by atoms with Crippen molar-refractivity contribution in [2.24, 2.45) is 0 Å². The summed E-state index contributed by atoms with van der Waals surface area (Å²) in [6.45, 7) is 9.31. The van der Waals surface area contributed by atoms with E-state index in [0.717, 1.165) is 51.3 Å². The topological polar surface area (TPSA) is 59.1 Å². The van der Waals surface area contributed by atoms with Crippen LogP contribution < -0.4 is 9.64 Å². The SMILES string of the molecule is CCCCCCCCCN1CCN(c2ccc(C(=O)Oc3ccc(C(=O)O[C@H](CCCCCC)C(F)(F)F)cc3)cc2)CC1. The van der Waals surface area contributed by atoms with Gasteiger partial charge in [-0.3, -0.25) is 4.90 Å². The average Bonchev–Trinajstić information content (AvgIpc) is 3.02. The van der Waals surface area contributed by atoms with Crippen molar-refractivity contribution in [1.29, 1.82) is 0 Å². The lowest BCUT2D eigenvalue weighted by Crippen LogP contribution is -2.46. The summed E-state index contributed by atoms with van der Waals surface area (Å²) in [7, 11) is 0. The Bertz CT molecular complexity index is 1110. The summed E-state index contributed by atoms with van der Waals surface area (Å²) >= 11 is 0. The number of unbranched alkanes of at least 4 members (excludes halogenated alkanes) is 9. The Morgan fingerprint density at radius 2 is 1.23 bits per heavy atom. The number of esters is 2. The first kappa shape index (κ1) is 35.4. The lowest BCUT2D eigenvalue weighted by atomic mass is 10.1. The number of carbonyl (C=O) groups excluding carboxylic acids is 2. The van der Waals surface area contributed by atoms with Crippen molar-refractivity contribution in [3.63, 3.8) is 0 Å². The predicted octanol–water partition coefficient (Wildman–Crippen LogP) is 8.84. The van der Waals surface area contributed by atoms with E-state index in [1.165, 1.54) is 69.2 Å². The Balaban J connectivity index is 1.42. The molecule has 44 heavy (non-hydrogen) atoms. The van der Waals surface area contributed by atoms with Crippen LogP contribution in [-0.2, 0) is 4.74 Å². The molecule has 2 aromatic rings. The van der Waals surface area contributed by atoms with Gasteiger partial charge in [-0.15, -0.1) is 0 Å². The van der Waals surface area contributed by atoms with Gasteiger partial charge in [-0.1, -0.05) is 71.6 Å². The van der Waals surface area contributed by atoms with Crippen molar-refractivity contribution >= 4 is 17.6 Å². The Morgan fingerprint density at radius 3 is 1.82 bits per heavy atom. The monoisotopic (exact) mass is 618 g/mol. The molecule has 0 radical (unpaired) electrons. The standard InChI is InChI=1S/C35H49F3N2O4/c1-3-5-7-9-10-11-13-23-39-24-26-40(27-25-39)30-19-15-28(16-20-30)33(41)43-31-21-17-29(18-22-31)34(42)44-32(35(36,37)38)14-12-8-6-4-2/h15-22,32H,3-14,23-27H2,1-2H3/t32-/m1/s1. The maximum atomic E-state index is 13.4. The zero-order valence-corrected chi connectivity index (χ0v) is 26.4. The van der Waals surface area contributed by atoms with Gasteiger partial charge in [-0.25, -0.2) is 9.59 Å². The first-order chi connectivity index (χ1) is 21.2. The van der Waals surface area contributed by atoms with Crippen LogP contribution in [0.5, 0.6) is 5.75 Å². The fraction of sp³-hybridized carbons (Fsp3) is 0.600. The lowest BCUT2D eigenvalue weighted by Gasteiger charge is -2.36. The van der Waals surface area contributed by atoms with Crippen molar-refractivity contribution in [3.8, 4) is 5.75 Å². The third-order valence-electron chi connectivity index (χ3n) is 8.15. The smallest absolute Gasteiger partial charge is 0.425 e. The molecule has 1 aliphatic heterocycles. The molecule has 244 valence electrons. The number of alkyl halides is 3. The second-order valence-corrected chi connectivity index (χ2v) is 11.7. The molecule has 0 spiro atoms. The van der Waals surface area contributed by atoms with Gasteiger partial charge >= 0.3 is 18.1 Å². The molecule has 0 N–H and O–H groups in total. The number of piperazine rings is 1. The first-order valence-corrected chi connectivity index (χ1v) is 16.4. The van der Waals surface area contributed by atoms with Crippen molar-refractivity contribution in [2.75, 3.05) is 37.6 Å². The number of rotatable bonds is 18. The van der Waals surface area contributed by atoms with Crippen LogP contribution in [0.4, 0.5) is 18.9 Å². The number of hydrogen-bond acceptors (Lipinski definition) is 6. The van der Waals surface area contributed by atoms with Gasteiger partial charge in [0.05, 0.1) is 11.1 Å². The number of ether oxygens (including phenoxy) is 2. The minimum atomic E-state index is -4.63. The highest BCUT2D eigenvalue weighted by Gasteiger charge is 2.42. The van der Waals surface area contributed by atoms with Crippen LogP contribution in [0.25, 0.3) is 0 Å². The van der Waals surface area contributed by atoms with E-state index in [0.29, 0.717) is 18.4 Å². The number of halogens is 3. The molecule has 0 saturated carbocycles. The Kier molecular flexibility index (Phi) is 15.0. The number of carbonyl (C=O) groups is 2. The van der Waals surface area contributed by atoms with Crippen molar-refractivity contribution in [3.05, 3.63) is 59.7 Å². The minimum Gasteiger partial charge on any atom is -0.449 e. The van der Waals surface area contributed by atoms with Crippen LogP contribution in [-0.4, -0.2) is 61.8 Å². The van der Waals surface area contributed by atoms with Crippen LogP contribution in [0.15, 0.2) is 48.5 Å². The molecule has 1 saturated heterocycles. The summed E-state index contributed by atoms with van der Waals surface area (Å²) in [6, 6.07) is 12.6. The normalized spacial score (nSPS) is 14.8. The molecule has 6 nitrogen and oxygen atoms in total. The molecule has 0 unspecified atom stereocenters. The molecular weight excluding hydrogens is 569 g/mol. The molecule has 0 bridgehead atoms. The molecule has 1 aliphatic rings. The zero-order valence-electron chi connectivity index (χ0n) is 26.4. The summed E-state index contributed by atoms with van der Waals surface area (Å²) in [5, 5.41) is 0. The number of anilines is 1. The molecule has 3 rings (SSSR count). The molecular formula is C35H49F3N2O4. The summed E-state index contributed by atoms with van der Waals surface area (Å²) in [5.41, 5.74) is 1.40. The second-order valence-electron chi connectivity index (χ2n) is 11.7. The van der Waals surface area contributed by atoms with Crippen molar-refractivity contribution in [1.82, 2.24) is 4.90 Å². The maximum Gasteiger partial charge on any atom is 0.425 e. The quantitative estimate of drug-likeness (QED) is 0.0945. The Hall–Kier alpha value is -3.07. The molecule has 1 fully saturated rings. The second kappa shape index (κ2) is 18.7. The highest BCUT2D eigenvalue weighted by molar-refractivity contribution is 5.92. The number of hydrogen-bond donors (Lipinski definition) is 0. The van der Waals surface area contributed by atoms with Crippen LogP contribution in [0, 0.1) is 0 Å². The number of nitrogens with zero attached hydrogens (tertiary/aromatic N) is 2. The van der Waals surface area contributed by atoms with E-state index in [2.05, 4.69) is 16.7 Å². The highest BCUT2D eigenvalue weighted by atomic mass is 19.4. The summed E-state index contributed by atoms with van der Waals surface area (Å²) in [6.07, 6.45) is 4.90. The average molecular weight is 619 g/mol. The highest BCUT2D eigenvalue weighted by Crippen LogP contribution is 2.28. The van der Waals surface area contributed by atoms with E-state index in [-0.39, 0.29) is 17.7 Å². The third kappa shape index (κ3) is 12.1. The van der Waals surface area contributed by atoms with E-state index in [4.69, 9.17) is 9.47 Å². The summed E-state index contributed by atoms with van der Waals surface area (Å²) < 4.78 is 50.3. The molecule has 0 amide bonds. The van der Waals surface area contributed by atoms with E-state index < -0.39 is 24.2 Å². The fourth-order valence-electron chi connectivity index (χ4n) is 5.40. The summed E-state index contributed by atoms with van der Waals surface area (Å²) in [4.78, 5) is 29.9. The molecule has 1 heterocycles. The van der Waals surface area contributed by atoms with Gasteiger partial charge in [0, 0.05) is 31.9 Å². The maximum absolute atomic E-state index is 13.4. The fourth-order valence-corrected chi connectivity index (χ4v) is 5.40. The van der Waals surface area contributed by atoms with Gasteiger partial charge in [0.15, 0.2) is 6.10 Å². The van der Waals surface area contributed by atoms with E-state index in [1.807, 2.05) is 19.1 Å². The van der Waals surface area contributed by atoms with Crippen LogP contribution in [0.1, 0.15) is 112 Å². The molecule has 2 aromatic carbocycles. The van der Waals surface area contributed by atoms with Crippen LogP contribution >= 0.6 is 0 Å². The van der Waals surface area contributed by atoms with Crippen molar-refractivity contribution in [2.45, 2.75) is 103 Å². The van der Waals surface area contributed by atoms with E-state index in [9.17, 15) is 22.8 Å². The Labute approximate surface area is 260 Å². The molecule has 0 aliphatic carbocycles. The van der Waals surface area contributed by atoms with Crippen molar-refractivity contribution < 1.29 is 32.2 Å².